The van der Waals surface area contributed by atoms with Gasteiger partial charge < -0.3 is 16.4 Å². The Morgan fingerprint density at radius 2 is 2.04 bits per heavy atom. The average Bonchev–Trinajstić information content (AvgIpc) is 3.07. The van der Waals surface area contributed by atoms with Gasteiger partial charge in [-0.2, -0.15) is 5.10 Å². The van der Waals surface area contributed by atoms with Crippen LogP contribution in [0.3, 0.4) is 0 Å². The minimum Gasteiger partial charge on any atom is -0.324 e. The number of benzene rings is 2. The number of rotatable bonds is 3. The topological polar surface area (TPSA) is 115 Å². The molecular weight excluding hydrogens is 356 g/mol. The molecule has 0 saturated carbocycles. The summed E-state index contributed by atoms with van der Waals surface area (Å²) in [6.45, 7) is 0. The van der Waals surface area contributed by atoms with Gasteiger partial charge in [0.05, 0.1) is 6.04 Å². The fourth-order valence-corrected chi connectivity index (χ4v) is 3.11. The molecule has 2 aromatic carbocycles. The molecule has 2 heterocycles. The Morgan fingerprint density at radius 3 is 2.75 bits per heavy atom. The molecule has 28 heavy (non-hydrogen) atoms. The number of aromatic nitrogens is 3. The van der Waals surface area contributed by atoms with Gasteiger partial charge in [0, 0.05) is 29.5 Å². The van der Waals surface area contributed by atoms with Crippen LogP contribution in [0.5, 0.6) is 0 Å². The molecule has 3 aromatic rings. The molecule has 8 heteroatoms. The maximum Gasteiger partial charge on any atom is 0.255 e. The van der Waals surface area contributed by atoms with E-state index in [1.165, 1.54) is 0 Å². The minimum absolute atomic E-state index is 0.196. The Hall–Kier alpha value is -3.52. The van der Waals surface area contributed by atoms with Gasteiger partial charge in [-0.05, 0) is 60.9 Å². The highest BCUT2D eigenvalue weighted by Crippen LogP contribution is 2.24. The van der Waals surface area contributed by atoms with E-state index in [1.807, 2.05) is 31.3 Å². The summed E-state index contributed by atoms with van der Waals surface area (Å²) in [5.41, 5.74) is 9.50. The highest BCUT2D eigenvalue weighted by Gasteiger charge is 2.21. The summed E-state index contributed by atoms with van der Waals surface area (Å²) in [4.78, 5) is 28.7. The molecular formula is C20H20N6O2. The van der Waals surface area contributed by atoms with Gasteiger partial charge in [-0.15, -0.1) is 0 Å². The molecule has 8 nitrogen and oxygen atoms in total. The van der Waals surface area contributed by atoms with Gasteiger partial charge >= 0.3 is 0 Å². The van der Waals surface area contributed by atoms with Crippen LogP contribution in [-0.4, -0.2) is 32.6 Å². The number of anilines is 2. The predicted octanol–water partition coefficient (Wildman–Crippen LogP) is 1.95. The highest BCUT2D eigenvalue weighted by molar-refractivity contribution is 6.05. The van der Waals surface area contributed by atoms with Crippen molar-refractivity contribution in [1.29, 1.82) is 0 Å². The van der Waals surface area contributed by atoms with Crippen LogP contribution in [-0.2, 0) is 18.3 Å². The quantitative estimate of drug-likeness (QED) is 0.646. The normalized spacial score (nSPS) is 16.1. The molecule has 0 bridgehead atoms. The maximum atomic E-state index is 12.6. The number of hydrogen-bond donors (Lipinski definition) is 3. The molecule has 142 valence electrons. The van der Waals surface area contributed by atoms with Crippen LogP contribution in [0.4, 0.5) is 11.4 Å². The zero-order valence-corrected chi connectivity index (χ0v) is 15.3. The fraction of sp³-hybridized carbons (Fsp3) is 0.200. The summed E-state index contributed by atoms with van der Waals surface area (Å²) in [7, 11) is 1.81. The van der Waals surface area contributed by atoms with Crippen molar-refractivity contribution in [2.24, 2.45) is 12.8 Å². The Kier molecular flexibility index (Phi) is 4.62. The first-order valence-electron chi connectivity index (χ1n) is 8.96. The van der Waals surface area contributed by atoms with E-state index < -0.39 is 6.04 Å². The summed E-state index contributed by atoms with van der Waals surface area (Å²) >= 11 is 0. The molecule has 0 radical (unpaired) electrons. The van der Waals surface area contributed by atoms with Crippen LogP contribution in [0.1, 0.15) is 22.3 Å². The third-order valence-electron chi connectivity index (χ3n) is 4.69. The number of aryl methyl sites for hydroxylation is 2. The Bertz CT molecular complexity index is 1040. The second kappa shape index (κ2) is 7.24. The van der Waals surface area contributed by atoms with Gasteiger partial charge in [0.25, 0.3) is 5.91 Å². The minimum atomic E-state index is -0.531. The average molecular weight is 376 g/mol. The first-order chi connectivity index (χ1) is 13.5. The van der Waals surface area contributed by atoms with Crippen LogP contribution in [0, 0.1) is 0 Å². The summed E-state index contributed by atoms with van der Waals surface area (Å²) in [5.74, 6) is 0.219. The van der Waals surface area contributed by atoms with Gasteiger partial charge in [-0.25, -0.2) is 4.98 Å². The zero-order valence-electron chi connectivity index (χ0n) is 15.3. The van der Waals surface area contributed by atoms with Crippen molar-refractivity contribution in [3.63, 3.8) is 0 Å². The van der Waals surface area contributed by atoms with Crippen LogP contribution < -0.4 is 16.4 Å². The van der Waals surface area contributed by atoms with Crippen LogP contribution >= 0.6 is 0 Å². The molecule has 1 aliphatic rings. The van der Waals surface area contributed by atoms with Crippen LogP contribution in [0.25, 0.3) is 11.4 Å². The number of carbonyl (C=O) groups excluding carboxylic acids is 2. The number of carbonyl (C=O) groups is 2. The molecule has 0 spiro atoms. The van der Waals surface area contributed by atoms with Crippen LogP contribution in [0.15, 0.2) is 48.8 Å². The summed E-state index contributed by atoms with van der Waals surface area (Å²) < 4.78 is 1.64. The molecule has 4 rings (SSSR count). The van der Waals surface area contributed by atoms with Crippen molar-refractivity contribution >= 4 is 23.2 Å². The third kappa shape index (κ3) is 3.63. The summed E-state index contributed by atoms with van der Waals surface area (Å²) in [6.07, 6.45) is 2.83. The second-order valence-corrected chi connectivity index (χ2v) is 6.78. The number of amides is 2. The highest BCUT2D eigenvalue weighted by atomic mass is 16.2. The molecule has 0 aliphatic carbocycles. The molecule has 2 amide bonds. The van der Waals surface area contributed by atoms with Crippen LogP contribution in [0.2, 0.25) is 0 Å². The van der Waals surface area contributed by atoms with Crippen molar-refractivity contribution < 1.29 is 9.59 Å². The van der Waals surface area contributed by atoms with Crippen molar-refractivity contribution in [3.8, 4) is 11.4 Å². The number of nitrogens with zero attached hydrogens (tertiary/aromatic N) is 3. The van der Waals surface area contributed by atoms with Gasteiger partial charge in [-0.1, -0.05) is 0 Å². The lowest BCUT2D eigenvalue weighted by Crippen LogP contribution is -2.34. The van der Waals surface area contributed by atoms with E-state index in [4.69, 9.17) is 5.73 Å². The summed E-state index contributed by atoms with van der Waals surface area (Å²) in [5, 5.41) is 9.95. The van der Waals surface area contributed by atoms with Crippen molar-refractivity contribution in [2.45, 2.75) is 18.9 Å². The zero-order chi connectivity index (χ0) is 19.7. The van der Waals surface area contributed by atoms with E-state index >= 15 is 0 Å². The molecule has 4 N–H and O–H groups in total. The van der Waals surface area contributed by atoms with Gasteiger partial charge in [-0.3, -0.25) is 14.3 Å². The van der Waals surface area contributed by atoms with E-state index in [0.29, 0.717) is 35.6 Å². The smallest absolute Gasteiger partial charge is 0.255 e. The molecule has 0 fully saturated rings. The molecule has 1 aromatic heterocycles. The second-order valence-electron chi connectivity index (χ2n) is 6.78. The molecule has 0 saturated heterocycles. The third-order valence-corrected chi connectivity index (χ3v) is 4.69. The standard InChI is InChI=1S/C20H20N6O2/c1-26-11-22-18(25-26)12-2-6-15(7-3-12)23-19(27)14-5-9-17-13(10-14)4-8-16(21)20(28)24-17/h2-3,5-7,9-11,16H,4,8,21H2,1H3,(H,23,27)(H,24,28). The molecule has 1 atom stereocenters. The lowest BCUT2D eigenvalue weighted by Gasteiger charge is -2.10. The van der Waals surface area contributed by atoms with Gasteiger partial charge in [0.2, 0.25) is 5.91 Å². The van der Waals surface area contributed by atoms with E-state index in [1.54, 1.807) is 29.2 Å². The number of fused-ring (bicyclic) bond motifs is 1. The lowest BCUT2D eigenvalue weighted by molar-refractivity contribution is -0.117. The summed E-state index contributed by atoms with van der Waals surface area (Å²) in [6, 6.07) is 12.1. The van der Waals surface area contributed by atoms with Crippen molar-refractivity contribution in [1.82, 2.24) is 14.8 Å². The monoisotopic (exact) mass is 376 g/mol. The first kappa shape index (κ1) is 17.9. The fourth-order valence-electron chi connectivity index (χ4n) is 3.11. The number of hydrogen-bond acceptors (Lipinski definition) is 5. The molecule has 1 aliphatic heterocycles. The molecule has 1 unspecified atom stereocenters. The van der Waals surface area contributed by atoms with Crippen molar-refractivity contribution in [2.75, 3.05) is 10.6 Å². The predicted molar refractivity (Wildman–Crippen MR) is 106 cm³/mol. The van der Waals surface area contributed by atoms with E-state index in [9.17, 15) is 9.59 Å². The number of nitrogens with two attached hydrogens (primary N) is 1. The number of nitrogens with one attached hydrogen (secondary N) is 2. The van der Waals surface area contributed by atoms with Crippen molar-refractivity contribution in [3.05, 3.63) is 59.9 Å². The van der Waals surface area contributed by atoms with E-state index in [0.717, 1.165) is 11.1 Å². The lowest BCUT2D eigenvalue weighted by atomic mass is 10.0. The largest absolute Gasteiger partial charge is 0.324 e. The Labute approximate surface area is 161 Å². The maximum absolute atomic E-state index is 12.6. The first-order valence-corrected chi connectivity index (χ1v) is 8.96. The van der Waals surface area contributed by atoms with Gasteiger partial charge in [0.1, 0.15) is 6.33 Å². The van der Waals surface area contributed by atoms with Gasteiger partial charge in [0.15, 0.2) is 5.82 Å². The Morgan fingerprint density at radius 1 is 1.25 bits per heavy atom. The SMILES string of the molecule is Cn1cnc(-c2ccc(NC(=O)c3ccc4c(c3)CCC(N)C(=O)N4)cc2)n1. The Balaban J connectivity index is 1.49. The van der Waals surface area contributed by atoms with E-state index in [-0.39, 0.29) is 11.8 Å². The van der Waals surface area contributed by atoms with E-state index in [2.05, 4.69) is 20.7 Å².